The van der Waals surface area contributed by atoms with Crippen LogP contribution in [0.25, 0.3) is 34.4 Å². The predicted octanol–water partition coefficient (Wildman–Crippen LogP) is 12.6. The van der Waals surface area contributed by atoms with Crippen molar-refractivity contribution in [3.8, 4) is 22.3 Å². The Morgan fingerprint density at radius 2 is 0.796 bits per heavy atom. The Morgan fingerprint density at radius 3 is 1.07 bits per heavy atom. The zero-order valence-corrected chi connectivity index (χ0v) is 45.2. The summed E-state index contributed by atoms with van der Waals surface area (Å²) in [5.41, 5.74) is 12.5. The van der Waals surface area contributed by atoms with Crippen LogP contribution in [0.15, 0.2) is 83.2 Å². The van der Waals surface area contributed by atoms with Crippen LogP contribution in [0.2, 0.25) is 100 Å². The first kappa shape index (κ1) is 40.5. The molecule has 0 spiro atoms. The van der Waals surface area contributed by atoms with E-state index in [2.05, 4.69) is 187 Å². The molecule has 3 aliphatic rings. The molecule has 0 bridgehead atoms. The van der Waals surface area contributed by atoms with Crippen LogP contribution in [0, 0.1) is 0 Å². The summed E-state index contributed by atoms with van der Waals surface area (Å²) < 4.78 is 7.03. The molecule has 1 heterocycles. The average molecular weight is 964 g/mol. The van der Waals surface area contributed by atoms with Crippen LogP contribution < -0.4 is 20.7 Å². The molecule has 1 fully saturated rings. The van der Waals surface area contributed by atoms with Gasteiger partial charge >= 0.3 is 342 Å². The van der Waals surface area contributed by atoms with Gasteiger partial charge in [0.1, 0.15) is 0 Å². The van der Waals surface area contributed by atoms with Gasteiger partial charge in [0.25, 0.3) is 0 Å². The fourth-order valence-corrected chi connectivity index (χ4v) is 47.3. The molecule has 0 radical (unpaired) electrons. The van der Waals surface area contributed by atoms with E-state index in [9.17, 15) is 0 Å². The van der Waals surface area contributed by atoms with Crippen molar-refractivity contribution in [1.29, 1.82) is 0 Å². The average Bonchev–Trinajstić information content (AvgIpc) is 3.68. The van der Waals surface area contributed by atoms with Crippen molar-refractivity contribution in [3.05, 3.63) is 105 Å². The van der Waals surface area contributed by atoms with E-state index >= 15 is 0 Å². The SMILES string of the molecule is CC[Si]1(CC)C2=Cc3c(-c4cc([Si](C)(C)C)cc([Si](C)(C)C)c4)cccc3[CH]2[Hf]([CH3])([CH3])[CH]2C1=Cc1c(-c3cc([Si](C)(C)C)cc([Si](C)(C)C)c3)cccc12. The van der Waals surface area contributed by atoms with Crippen molar-refractivity contribution in [3.63, 3.8) is 0 Å². The Kier molecular flexibility index (Phi) is 10.1. The fraction of sp³-hybridized carbons (Fsp3) is 0.417. The second-order valence-corrected chi connectivity index (χ2v) is 64.2. The number of rotatable bonds is 8. The van der Waals surface area contributed by atoms with E-state index in [0.717, 1.165) is 0 Å². The first-order valence-corrected chi connectivity index (χ1v) is 48.7. The normalized spacial score (nSPS) is 20.1. The molecule has 0 aromatic heterocycles. The third kappa shape index (κ3) is 6.59. The van der Waals surface area contributed by atoms with E-state index in [1.54, 1.807) is 43.0 Å². The second-order valence-electron chi connectivity index (χ2n) is 21.9. The van der Waals surface area contributed by atoms with Gasteiger partial charge in [0.2, 0.25) is 0 Å². The Balaban J connectivity index is 1.45. The van der Waals surface area contributed by atoms with E-state index in [-0.39, 0.29) is 0 Å². The third-order valence-electron chi connectivity index (χ3n) is 13.9. The molecule has 4 aromatic rings. The van der Waals surface area contributed by atoms with E-state index in [4.69, 9.17) is 0 Å². The molecule has 1 aliphatic heterocycles. The molecule has 2 atom stereocenters. The zero-order valence-electron chi connectivity index (χ0n) is 36.7. The maximum atomic E-state index is 2.85. The number of hydrogen-bond acceptors (Lipinski definition) is 0. The van der Waals surface area contributed by atoms with Crippen LogP contribution in [-0.4, -0.2) is 40.4 Å². The molecule has 0 amide bonds. The summed E-state index contributed by atoms with van der Waals surface area (Å²) in [7, 11) is -8.00. The summed E-state index contributed by atoms with van der Waals surface area (Å²) >= 11 is -3.17. The molecule has 2 unspecified atom stereocenters. The molecule has 0 nitrogen and oxygen atoms in total. The molecule has 0 saturated carbocycles. The summed E-state index contributed by atoms with van der Waals surface area (Å²) in [5.74, 6) is 0. The minimum absolute atomic E-state index is 0.668. The topological polar surface area (TPSA) is 0 Å². The van der Waals surface area contributed by atoms with E-state index in [1.165, 1.54) is 34.3 Å². The Bertz CT molecular complexity index is 2010. The number of hydrogen-bond donors (Lipinski definition) is 0. The van der Waals surface area contributed by atoms with E-state index < -0.39 is 60.3 Å². The fourth-order valence-electron chi connectivity index (χ4n) is 10.4. The summed E-state index contributed by atoms with van der Waals surface area (Å²) in [6, 6.07) is 33.2. The summed E-state index contributed by atoms with van der Waals surface area (Å²) in [5, 5.41) is 10.3. The summed E-state index contributed by atoms with van der Waals surface area (Å²) in [6.07, 6.45) is 5.65. The van der Waals surface area contributed by atoms with Crippen LogP contribution >= 0.6 is 0 Å². The molecule has 1 saturated heterocycles. The first-order chi connectivity index (χ1) is 24.9. The number of allylic oxidation sites excluding steroid dienone is 2. The van der Waals surface area contributed by atoms with Gasteiger partial charge < -0.3 is 0 Å². The monoisotopic (exact) mass is 964 g/mol. The van der Waals surface area contributed by atoms with E-state index in [1.807, 2.05) is 10.4 Å². The van der Waals surface area contributed by atoms with Crippen molar-refractivity contribution in [2.75, 3.05) is 0 Å². The first-order valence-electron chi connectivity index (χ1n) is 21.0. The molecule has 7 rings (SSSR count). The molecule has 284 valence electrons. The van der Waals surface area contributed by atoms with Gasteiger partial charge in [-0.05, 0) is 0 Å². The molecular formula is C48H68HfSi5. The van der Waals surface area contributed by atoms with Gasteiger partial charge in [0.15, 0.2) is 0 Å². The quantitative estimate of drug-likeness (QED) is 0.154. The Morgan fingerprint density at radius 1 is 0.481 bits per heavy atom. The zero-order chi connectivity index (χ0) is 39.6. The van der Waals surface area contributed by atoms with Crippen LogP contribution in [0.4, 0.5) is 0 Å². The number of fused-ring (bicyclic) bond motifs is 6. The van der Waals surface area contributed by atoms with E-state index in [0.29, 0.717) is 7.35 Å². The molecule has 6 heteroatoms. The van der Waals surface area contributed by atoms with Crippen molar-refractivity contribution in [1.82, 2.24) is 0 Å². The molecule has 2 aliphatic carbocycles. The molecular weight excluding hydrogens is 895 g/mol. The second kappa shape index (κ2) is 13.4. The van der Waals surface area contributed by atoms with Crippen molar-refractivity contribution in [2.45, 2.75) is 121 Å². The van der Waals surface area contributed by atoms with Crippen molar-refractivity contribution >= 4 is 73.3 Å². The van der Waals surface area contributed by atoms with Gasteiger partial charge in [-0.15, -0.1) is 0 Å². The summed E-state index contributed by atoms with van der Waals surface area (Å²) in [4.78, 5) is 0. The third-order valence-corrected chi connectivity index (χ3v) is 44.7. The minimum atomic E-state index is -3.17. The van der Waals surface area contributed by atoms with Gasteiger partial charge in [-0.2, -0.15) is 0 Å². The van der Waals surface area contributed by atoms with Crippen molar-refractivity contribution < 1.29 is 20.0 Å². The molecule has 4 aromatic carbocycles. The van der Waals surface area contributed by atoms with Gasteiger partial charge in [-0.25, -0.2) is 0 Å². The Hall–Kier alpha value is -1.69. The Labute approximate surface area is 339 Å². The standard InChI is InChI=1S/C46H62Si5.2CH3.Hf/c1-15-51(16-2,41-23-33-19-17-21-43(45(33)31-41)35-25-37(47(3,4)5)29-38(26-35)48(6,7)8)42-24-34-20-18-22-44(46(34)32-42)36-27-39(49(9,10)11)30-40(28-36)50(12,13)14;;;/h17-32H,15-16H2,1-14H3;2*1H3;. The van der Waals surface area contributed by atoms with Gasteiger partial charge in [0, 0.05) is 0 Å². The van der Waals surface area contributed by atoms with Crippen LogP contribution in [0.1, 0.15) is 43.5 Å². The van der Waals surface area contributed by atoms with Gasteiger partial charge in [0.05, 0.1) is 0 Å². The predicted molar refractivity (Wildman–Crippen MR) is 256 cm³/mol. The van der Waals surface area contributed by atoms with Gasteiger partial charge in [-0.1, -0.05) is 0 Å². The van der Waals surface area contributed by atoms with Crippen molar-refractivity contribution in [2.24, 2.45) is 0 Å². The van der Waals surface area contributed by atoms with Crippen LogP contribution in [0.3, 0.4) is 0 Å². The molecule has 54 heavy (non-hydrogen) atoms. The van der Waals surface area contributed by atoms with Crippen LogP contribution in [0.5, 0.6) is 0 Å². The summed E-state index contributed by atoms with van der Waals surface area (Å²) in [6.45, 7) is 35.4. The van der Waals surface area contributed by atoms with Crippen LogP contribution in [-0.2, 0) is 20.0 Å². The maximum absolute atomic E-state index is 3.17. The number of benzene rings is 4. The van der Waals surface area contributed by atoms with Gasteiger partial charge in [-0.3, -0.25) is 0 Å². The molecule has 0 N–H and O–H groups in total.